The second-order valence-electron chi connectivity index (χ2n) is 2.99. The van der Waals surface area contributed by atoms with Crippen LogP contribution < -0.4 is 0 Å². The average Bonchev–Trinajstić information content (AvgIpc) is 2.50. The summed E-state index contributed by atoms with van der Waals surface area (Å²) in [6, 6.07) is 4.39. The number of carboxylic acids is 1. The van der Waals surface area contributed by atoms with Crippen LogP contribution in [0.25, 0.3) is 11.0 Å². The minimum atomic E-state index is -0.979. The van der Waals surface area contributed by atoms with Crippen LogP contribution in [0.4, 0.5) is 4.39 Å². The van der Waals surface area contributed by atoms with Gasteiger partial charge < -0.3 is 9.52 Å². The molecule has 4 heteroatoms. The van der Waals surface area contributed by atoms with Crippen LogP contribution in [0.15, 0.2) is 28.9 Å². The minimum absolute atomic E-state index is 0.166. The van der Waals surface area contributed by atoms with Crippen LogP contribution in [0.1, 0.15) is 5.56 Å². The summed E-state index contributed by atoms with van der Waals surface area (Å²) in [7, 11) is 0. The van der Waals surface area contributed by atoms with E-state index in [9.17, 15) is 9.18 Å². The number of fused-ring (bicyclic) bond motifs is 1. The summed E-state index contributed by atoms with van der Waals surface area (Å²) in [6.45, 7) is 0. The highest BCUT2D eigenvalue weighted by molar-refractivity contribution is 5.80. The number of furan rings is 1. The summed E-state index contributed by atoms with van der Waals surface area (Å²) in [5.74, 6) is -1.50. The van der Waals surface area contributed by atoms with Crippen molar-refractivity contribution in [1.29, 1.82) is 0 Å². The number of hydrogen-bond acceptors (Lipinski definition) is 2. The van der Waals surface area contributed by atoms with E-state index in [1.54, 1.807) is 12.1 Å². The molecule has 0 spiro atoms. The van der Waals surface area contributed by atoms with E-state index in [4.69, 9.17) is 9.52 Å². The van der Waals surface area contributed by atoms with Crippen molar-refractivity contribution in [1.82, 2.24) is 0 Å². The zero-order valence-corrected chi connectivity index (χ0v) is 7.16. The van der Waals surface area contributed by atoms with Gasteiger partial charge in [0, 0.05) is 5.39 Å². The van der Waals surface area contributed by atoms with Crippen LogP contribution in [-0.2, 0) is 11.2 Å². The van der Waals surface area contributed by atoms with Gasteiger partial charge in [-0.05, 0) is 23.8 Å². The molecule has 14 heavy (non-hydrogen) atoms. The number of hydrogen-bond donors (Lipinski definition) is 1. The van der Waals surface area contributed by atoms with Gasteiger partial charge in [-0.1, -0.05) is 0 Å². The lowest BCUT2D eigenvalue weighted by Crippen LogP contribution is -2.00. The number of carboxylic acid groups (broad SMARTS) is 1. The highest BCUT2D eigenvalue weighted by atomic mass is 19.1. The number of benzene rings is 1. The third-order valence-corrected chi connectivity index (χ3v) is 1.92. The van der Waals surface area contributed by atoms with Crippen LogP contribution in [0.2, 0.25) is 0 Å². The van der Waals surface area contributed by atoms with Gasteiger partial charge in [0.2, 0.25) is 0 Å². The first kappa shape index (κ1) is 8.74. The molecule has 0 aliphatic heterocycles. The standard InChI is InChI=1S/C10H7FO3/c11-8-4-6(5-9(12)13)3-7-1-2-14-10(7)8/h1-4H,5H2,(H,12,13). The Morgan fingerprint density at radius 1 is 1.50 bits per heavy atom. The quantitative estimate of drug-likeness (QED) is 0.797. The number of aliphatic carboxylic acids is 1. The van der Waals surface area contributed by atoms with Gasteiger partial charge in [-0.25, -0.2) is 4.39 Å². The van der Waals surface area contributed by atoms with Gasteiger partial charge in [0.05, 0.1) is 12.7 Å². The Labute approximate surface area is 78.8 Å². The van der Waals surface area contributed by atoms with E-state index in [0.29, 0.717) is 10.9 Å². The van der Waals surface area contributed by atoms with Crippen molar-refractivity contribution in [3.63, 3.8) is 0 Å². The Hall–Kier alpha value is -1.84. The molecule has 1 N–H and O–H groups in total. The van der Waals surface area contributed by atoms with Crippen LogP contribution in [-0.4, -0.2) is 11.1 Å². The molecule has 1 aromatic heterocycles. The van der Waals surface area contributed by atoms with E-state index in [1.165, 1.54) is 12.3 Å². The van der Waals surface area contributed by atoms with Crippen molar-refractivity contribution in [3.8, 4) is 0 Å². The molecular weight excluding hydrogens is 187 g/mol. The lowest BCUT2D eigenvalue weighted by atomic mass is 10.1. The molecule has 2 rings (SSSR count). The number of carbonyl (C=O) groups is 1. The first-order valence-electron chi connectivity index (χ1n) is 4.04. The summed E-state index contributed by atoms with van der Waals surface area (Å²) in [5, 5.41) is 9.12. The number of rotatable bonds is 2. The molecule has 0 radical (unpaired) electrons. The van der Waals surface area contributed by atoms with Gasteiger partial charge in [0.1, 0.15) is 0 Å². The van der Waals surface area contributed by atoms with E-state index < -0.39 is 11.8 Å². The first-order valence-corrected chi connectivity index (χ1v) is 4.04. The average molecular weight is 194 g/mol. The van der Waals surface area contributed by atoms with Crippen molar-refractivity contribution in [2.75, 3.05) is 0 Å². The van der Waals surface area contributed by atoms with Crippen molar-refractivity contribution < 1.29 is 18.7 Å². The molecule has 0 amide bonds. The normalized spacial score (nSPS) is 10.6. The fourth-order valence-electron chi connectivity index (χ4n) is 1.37. The summed E-state index contributed by atoms with van der Waals surface area (Å²) < 4.78 is 18.1. The Morgan fingerprint density at radius 2 is 2.29 bits per heavy atom. The largest absolute Gasteiger partial charge is 0.481 e. The highest BCUT2D eigenvalue weighted by Gasteiger charge is 2.08. The molecule has 0 fully saturated rings. The monoisotopic (exact) mass is 194 g/mol. The summed E-state index contributed by atoms with van der Waals surface area (Å²) in [4.78, 5) is 10.4. The van der Waals surface area contributed by atoms with Crippen molar-refractivity contribution in [3.05, 3.63) is 35.8 Å². The Morgan fingerprint density at radius 3 is 3.00 bits per heavy atom. The predicted octanol–water partition coefficient (Wildman–Crippen LogP) is 2.20. The maximum absolute atomic E-state index is 13.2. The molecule has 0 bridgehead atoms. The maximum Gasteiger partial charge on any atom is 0.307 e. The molecule has 1 heterocycles. The van der Waals surface area contributed by atoms with Gasteiger partial charge in [-0.2, -0.15) is 0 Å². The zero-order valence-electron chi connectivity index (χ0n) is 7.16. The van der Waals surface area contributed by atoms with Crippen LogP contribution in [0, 0.1) is 5.82 Å². The topological polar surface area (TPSA) is 50.4 Å². The van der Waals surface area contributed by atoms with Crippen LogP contribution in [0.5, 0.6) is 0 Å². The lowest BCUT2D eigenvalue weighted by Gasteiger charge is -1.97. The van der Waals surface area contributed by atoms with Crippen LogP contribution in [0.3, 0.4) is 0 Å². The van der Waals surface area contributed by atoms with E-state index in [-0.39, 0.29) is 12.0 Å². The molecule has 0 atom stereocenters. The third kappa shape index (κ3) is 1.46. The highest BCUT2D eigenvalue weighted by Crippen LogP contribution is 2.21. The summed E-state index contributed by atoms with van der Waals surface area (Å²) >= 11 is 0. The van der Waals surface area contributed by atoms with E-state index in [0.717, 1.165) is 0 Å². The Kier molecular flexibility index (Phi) is 1.96. The van der Waals surface area contributed by atoms with Gasteiger partial charge in [0.15, 0.2) is 11.4 Å². The van der Waals surface area contributed by atoms with Gasteiger partial charge >= 0.3 is 5.97 Å². The molecule has 3 nitrogen and oxygen atoms in total. The molecule has 0 aliphatic rings. The lowest BCUT2D eigenvalue weighted by molar-refractivity contribution is -0.136. The van der Waals surface area contributed by atoms with Crippen molar-refractivity contribution in [2.45, 2.75) is 6.42 Å². The molecule has 72 valence electrons. The first-order chi connectivity index (χ1) is 6.66. The third-order valence-electron chi connectivity index (χ3n) is 1.92. The van der Waals surface area contributed by atoms with E-state index in [2.05, 4.69) is 0 Å². The SMILES string of the molecule is O=C(O)Cc1cc(F)c2occc2c1. The number of halogens is 1. The maximum atomic E-state index is 13.2. The van der Waals surface area contributed by atoms with E-state index >= 15 is 0 Å². The molecule has 0 saturated carbocycles. The Balaban J connectivity index is 2.53. The van der Waals surface area contributed by atoms with Crippen molar-refractivity contribution in [2.24, 2.45) is 0 Å². The summed E-state index contributed by atoms with van der Waals surface area (Å²) in [5.41, 5.74) is 0.600. The van der Waals surface area contributed by atoms with Gasteiger partial charge in [-0.15, -0.1) is 0 Å². The smallest absolute Gasteiger partial charge is 0.307 e. The molecule has 0 aliphatic carbocycles. The van der Waals surface area contributed by atoms with E-state index in [1.807, 2.05) is 0 Å². The zero-order chi connectivity index (χ0) is 10.1. The molecule has 2 aromatic rings. The summed E-state index contributed by atoms with van der Waals surface area (Å²) in [6.07, 6.45) is 1.19. The molecule has 1 aromatic carbocycles. The molecular formula is C10H7FO3. The van der Waals surface area contributed by atoms with Crippen LogP contribution >= 0.6 is 0 Å². The van der Waals surface area contributed by atoms with Gasteiger partial charge in [0.25, 0.3) is 0 Å². The minimum Gasteiger partial charge on any atom is -0.481 e. The second-order valence-corrected chi connectivity index (χ2v) is 2.99. The fourth-order valence-corrected chi connectivity index (χ4v) is 1.37. The Bertz CT molecular complexity index is 487. The molecule has 0 saturated heterocycles. The predicted molar refractivity (Wildman–Crippen MR) is 47.5 cm³/mol. The van der Waals surface area contributed by atoms with Gasteiger partial charge in [-0.3, -0.25) is 4.79 Å². The fraction of sp³-hybridized carbons (Fsp3) is 0.100. The molecule has 0 unspecified atom stereocenters. The second kappa shape index (κ2) is 3.14. The van der Waals surface area contributed by atoms with Crippen molar-refractivity contribution >= 4 is 16.9 Å².